The van der Waals surface area contributed by atoms with Crippen molar-refractivity contribution in [3.05, 3.63) is 29.9 Å². The van der Waals surface area contributed by atoms with Gasteiger partial charge < -0.3 is 45.9 Å². The van der Waals surface area contributed by atoms with Gasteiger partial charge in [0, 0.05) is 48.7 Å². The Morgan fingerprint density at radius 3 is 2.37 bits per heavy atom. The highest BCUT2D eigenvalue weighted by Gasteiger charge is 2.64. The van der Waals surface area contributed by atoms with E-state index >= 15 is 0 Å². The number of aromatic amines is 1. The zero-order chi connectivity index (χ0) is 39.0. The van der Waals surface area contributed by atoms with E-state index in [2.05, 4.69) is 56.0 Å². The maximum atomic E-state index is 13.0. The molecule has 4 fully saturated rings. The van der Waals surface area contributed by atoms with Gasteiger partial charge in [-0.1, -0.05) is 59.1 Å². The van der Waals surface area contributed by atoms with Gasteiger partial charge in [0.15, 0.2) is 0 Å². The maximum Gasteiger partial charge on any atom is 0.407 e. The first-order valence-corrected chi connectivity index (χ1v) is 20.9. The minimum Gasteiger partial charge on any atom is -0.465 e. The number of nitrogens with zero attached hydrogens (tertiary/aromatic N) is 1. The number of fused-ring (bicyclic) bond motifs is 5. The second-order valence-corrected chi connectivity index (χ2v) is 18.7. The minimum absolute atomic E-state index is 0.0753. The largest absolute Gasteiger partial charge is 0.465 e. The molecule has 54 heavy (non-hydrogen) atoms. The number of aliphatic hydroxyl groups is 4. The summed E-state index contributed by atoms with van der Waals surface area (Å²) in [5.74, 6) is 0.241. The minimum atomic E-state index is -1.51. The Bertz CT molecular complexity index is 1460. The fraction of sp³-hybridized carbons (Fsp3) is 0.833. The number of carbonyl (C=O) groups is 2. The number of amides is 1. The van der Waals surface area contributed by atoms with Crippen LogP contribution in [0.2, 0.25) is 0 Å². The maximum absolute atomic E-state index is 13.0. The van der Waals surface area contributed by atoms with Crippen molar-refractivity contribution in [2.45, 2.75) is 154 Å². The van der Waals surface area contributed by atoms with Gasteiger partial charge in [0.1, 0.15) is 6.10 Å². The van der Waals surface area contributed by atoms with E-state index in [0.717, 1.165) is 37.3 Å². The van der Waals surface area contributed by atoms with Crippen LogP contribution in [0.25, 0.3) is 0 Å². The number of aromatic nitrogens is 2. The summed E-state index contributed by atoms with van der Waals surface area (Å²) in [6.45, 7) is 11.8. The molecular weight excluding hydrogens is 688 g/mol. The highest BCUT2D eigenvalue weighted by molar-refractivity contribution is 5.70. The smallest absolute Gasteiger partial charge is 0.407 e. The van der Waals surface area contributed by atoms with Crippen molar-refractivity contribution >= 4 is 12.1 Å². The fourth-order valence-corrected chi connectivity index (χ4v) is 12.0. The molecule has 8 N–H and O–H groups in total. The number of hydrogen-bond donors (Lipinski definition) is 7. The Labute approximate surface area is 321 Å². The van der Waals surface area contributed by atoms with Crippen LogP contribution in [0.3, 0.4) is 0 Å². The topological polar surface area (TPSA) is 200 Å². The van der Waals surface area contributed by atoms with Crippen LogP contribution in [-0.2, 0) is 20.7 Å². The summed E-state index contributed by atoms with van der Waals surface area (Å²) in [4.78, 5) is 32.3. The Kier molecular flexibility index (Phi) is 12.6. The molecular formula is C42H68N4O8. The summed E-state index contributed by atoms with van der Waals surface area (Å²) in [6, 6.07) is 0. The quantitative estimate of drug-likeness (QED) is 0.108. The SMILES string of the molecule is CC(C)CCC[C@@H](C)C1(N)CC[C@H]2[C@@H]3CC=C4CC(OC(=O)NCC5C(O)C(O)C(CC(=O)OCCc6cnc[nH]6)C(O)C5O)CC[C@]4(C)[C@H]3CC[C@@]21C. The number of hydrogen-bond acceptors (Lipinski definition) is 10. The number of esters is 1. The zero-order valence-corrected chi connectivity index (χ0v) is 33.2. The number of rotatable bonds is 13. The van der Waals surface area contributed by atoms with E-state index in [9.17, 15) is 30.0 Å². The van der Waals surface area contributed by atoms with Gasteiger partial charge in [-0.15, -0.1) is 0 Å². The van der Waals surface area contributed by atoms with Crippen LogP contribution in [0.15, 0.2) is 24.2 Å². The molecule has 1 amide bonds. The van der Waals surface area contributed by atoms with Crippen LogP contribution in [0.1, 0.15) is 117 Å². The van der Waals surface area contributed by atoms with Crippen molar-refractivity contribution in [3.8, 4) is 0 Å². The molecule has 5 aliphatic carbocycles. The third-order valence-electron chi connectivity index (χ3n) is 15.5. The number of allylic oxidation sites excluding steroid dienone is 1. The number of H-pyrrole nitrogens is 1. The van der Waals surface area contributed by atoms with Gasteiger partial charge in [-0.05, 0) is 91.8 Å². The average Bonchev–Trinajstić information content (AvgIpc) is 3.75. The van der Waals surface area contributed by atoms with Crippen molar-refractivity contribution in [2.24, 2.45) is 58.0 Å². The van der Waals surface area contributed by atoms with Gasteiger partial charge in [0.2, 0.25) is 0 Å². The lowest BCUT2D eigenvalue weighted by atomic mass is 9.46. The molecule has 1 heterocycles. The molecule has 6 rings (SSSR count). The summed E-state index contributed by atoms with van der Waals surface area (Å²) < 4.78 is 11.1. The van der Waals surface area contributed by atoms with E-state index in [1.165, 1.54) is 50.4 Å². The normalized spacial score (nSPS) is 40.9. The summed E-state index contributed by atoms with van der Waals surface area (Å²) in [7, 11) is 0. The molecule has 304 valence electrons. The van der Waals surface area contributed by atoms with Gasteiger partial charge in [-0.2, -0.15) is 0 Å². The Morgan fingerprint density at radius 1 is 0.981 bits per heavy atom. The van der Waals surface area contributed by atoms with Crippen molar-refractivity contribution in [2.75, 3.05) is 13.2 Å². The van der Waals surface area contributed by atoms with Crippen LogP contribution in [0, 0.1) is 52.3 Å². The van der Waals surface area contributed by atoms with Crippen LogP contribution in [0.4, 0.5) is 4.79 Å². The second kappa shape index (κ2) is 16.5. The number of ether oxygens (including phenoxy) is 2. The summed E-state index contributed by atoms with van der Waals surface area (Å²) >= 11 is 0. The van der Waals surface area contributed by atoms with Gasteiger partial charge in [0.25, 0.3) is 0 Å². The molecule has 5 aliphatic rings. The lowest BCUT2D eigenvalue weighted by Crippen LogP contribution is -2.61. The molecule has 0 bridgehead atoms. The molecule has 0 aliphatic heterocycles. The molecule has 0 spiro atoms. The molecule has 12 atom stereocenters. The van der Waals surface area contributed by atoms with E-state index in [1.807, 2.05) is 0 Å². The molecule has 1 aromatic rings. The van der Waals surface area contributed by atoms with Crippen LogP contribution >= 0.6 is 0 Å². The first-order chi connectivity index (χ1) is 25.6. The molecule has 12 heteroatoms. The fourth-order valence-electron chi connectivity index (χ4n) is 12.0. The van der Waals surface area contributed by atoms with E-state index in [4.69, 9.17) is 15.2 Å². The highest BCUT2D eigenvalue weighted by Crippen LogP contribution is 2.68. The average molecular weight is 757 g/mol. The van der Waals surface area contributed by atoms with E-state index in [0.29, 0.717) is 36.5 Å². The number of imidazole rings is 1. The number of nitrogens with two attached hydrogens (primary N) is 1. The summed E-state index contributed by atoms with van der Waals surface area (Å²) in [5, 5.41) is 46.1. The Morgan fingerprint density at radius 2 is 1.69 bits per heavy atom. The predicted octanol–water partition coefficient (Wildman–Crippen LogP) is 4.79. The van der Waals surface area contributed by atoms with Gasteiger partial charge >= 0.3 is 12.1 Å². The van der Waals surface area contributed by atoms with E-state index in [1.54, 1.807) is 6.20 Å². The van der Waals surface area contributed by atoms with Crippen molar-refractivity contribution in [1.29, 1.82) is 0 Å². The Hall–Kier alpha value is -2.51. The predicted molar refractivity (Wildman–Crippen MR) is 204 cm³/mol. The van der Waals surface area contributed by atoms with E-state index < -0.39 is 48.3 Å². The Balaban J connectivity index is 0.988. The summed E-state index contributed by atoms with van der Waals surface area (Å²) in [5.41, 5.74) is 9.78. The number of carbonyl (C=O) groups excluding carboxylic acids is 2. The van der Waals surface area contributed by atoms with Gasteiger partial charge in [0.05, 0.1) is 43.8 Å². The second-order valence-electron chi connectivity index (χ2n) is 18.7. The van der Waals surface area contributed by atoms with Gasteiger partial charge in [-0.3, -0.25) is 4.79 Å². The van der Waals surface area contributed by atoms with Crippen LogP contribution < -0.4 is 11.1 Å². The molecule has 0 aromatic carbocycles. The van der Waals surface area contributed by atoms with Crippen molar-refractivity contribution in [3.63, 3.8) is 0 Å². The monoisotopic (exact) mass is 757 g/mol. The summed E-state index contributed by atoms with van der Waals surface area (Å²) in [6.07, 6.45) is 10.6. The number of nitrogens with one attached hydrogen (secondary N) is 2. The van der Waals surface area contributed by atoms with Crippen molar-refractivity contribution < 1.29 is 39.5 Å². The lowest BCUT2D eigenvalue weighted by Gasteiger charge is -2.60. The first kappa shape index (κ1) is 41.1. The number of alkyl carbamates (subject to hydrolysis) is 1. The van der Waals surface area contributed by atoms with Gasteiger partial charge in [-0.25, -0.2) is 9.78 Å². The lowest BCUT2D eigenvalue weighted by molar-refractivity contribution is -0.185. The molecule has 6 unspecified atom stereocenters. The zero-order valence-electron chi connectivity index (χ0n) is 33.2. The third kappa shape index (κ3) is 7.88. The molecule has 12 nitrogen and oxygen atoms in total. The molecule has 0 saturated heterocycles. The highest BCUT2D eigenvalue weighted by atomic mass is 16.6. The molecule has 4 saturated carbocycles. The van der Waals surface area contributed by atoms with Crippen LogP contribution in [-0.4, -0.2) is 91.7 Å². The van der Waals surface area contributed by atoms with Crippen molar-refractivity contribution in [1.82, 2.24) is 15.3 Å². The standard InChI is InChI=1S/C42H68N4O8/c1-24(2)7-6-8-25(3)42(43)17-13-33-29-10-9-26-19-28(11-15-40(26,4)32(29)12-16-41(33,42)5)54-39(52)45-22-31-37(50)35(48)30(36(49)38(31)51)20-34(47)53-18-14-27-21-44-23-46-27/h9,21,23-25,28-33,35-38,48-51H,6-8,10-20,22,43H2,1-5H3,(H,44,46)(H,45,52)/t25-,28?,29-,30?,31?,32+,33+,35?,36?,37?,38?,40+,41+,42?/m1/s1. The van der Waals surface area contributed by atoms with E-state index in [-0.39, 0.29) is 42.0 Å². The number of aliphatic hydroxyl groups excluding tert-OH is 4. The first-order valence-electron chi connectivity index (χ1n) is 20.9. The van der Waals surface area contributed by atoms with Crippen LogP contribution in [0.5, 0.6) is 0 Å². The molecule has 0 radical (unpaired) electrons. The third-order valence-corrected chi connectivity index (χ3v) is 15.5. The molecule has 1 aromatic heterocycles.